The van der Waals surface area contributed by atoms with Crippen molar-refractivity contribution in [2.45, 2.75) is 73.1 Å². The Morgan fingerprint density at radius 2 is 1.67 bits per heavy atom. The van der Waals surface area contributed by atoms with E-state index in [9.17, 15) is 4.79 Å². The van der Waals surface area contributed by atoms with Crippen molar-refractivity contribution in [3.05, 3.63) is 59.0 Å². The van der Waals surface area contributed by atoms with Gasteiger partial charge in [0.15, 0.2) is 5.76 Å². The number of nitrogens with zero attached hydrogens (tertiary/aromatic N) is 1. The van der Waals surface area contributed by atoms with E-state index in [-0.39, 0.29) is 17.5 Å². The molecule has 0 bridgehead atoms. The van der Waals surface area contributed by atoms with Gasteiger partial charge in [-0.25, -0.2) is 0 Å². The van der Waals surface area contributed by atoms with Crippen LogP contribution in [0.2, 0.25) is 0 Å². The summed E-state index contributed by atoms with van der Waals surface area (Å²) >= 11 is 0. The molecule has 1 aromatic heterocycles. The zero-order chi connectivity index (χ0) is 20.2. The number of furan rings is 1. The Morgan fingerprint density at radius 3 is 2.22 bits per heavy atom. The van der Waals surface area contributed by atoms with Gasteiger partial charge in [0.2, 0.25) is 0 Å². The second kappa shape index (κ2) is 8.75. The first-order valence-electron chi connectivity index (χ1n) is 9.76. The Bertz CT molecular complexity index is 738. The number of hydrogen-bond donors (Lipinski definition) is 1. The lowest BCUT2D eigenvalue weighted by atomic mass is 10.0. The first kappa shape index (κ1) is 21.2. The van der Waals surface area contributed by atoms with E-state index in [1.165, 1.54) is 11.1 Å². The number of aryl methyl sites for hydroxylation is 1. The minimum absolute atomic E-state index is 0.0216. The first-order valence-corrected chi connectivity index (χ1v) is 9.76. The lowest BCUT2D eigenvalue weighted by Gasteiger charge is -2.35. The van der Waals surface area contributed by atoms with Crippen LogP contribution in [-0.4, -0.2) is 22.4 Å². The standard InChI is InChI=1S/C23H34N2O2/c1-16(2)18(4)24-22(26)21-13-12-20(27-21)15-25(23(5,6)7)14-19-10-8-17(3)9-11-19/h8-13,16,18H,14-15H2,1-7H3,(H,24,26). The van der Waals surface area contributed by atoms with Crippen LogP contribution in [0.1, 0.15) is 69.0 Å². The lowest BCUT2D eigenvalue weighted by molar-refractivity contribution is 0.0884. The van der Waals surface area contributed by atoms with E-state index < -0.39 is 0 Å². The van der Waals surface area contributed by atoms with Crippen LogP contribution in [0.15, 0.2) is 40.8 Å². The van der Waals surface area contributed by atoms with Crippen LogP contribution in [0.25, 0.3) is 0 Å². The maximum Gasteiger partial charge on any atom is 0.287 e. The Labute approximate surface area is 163 Å². The summed E-state index contributed by atoms with van der Waals surface area (Å²) in [6, 6.07) is 12.4. The molecule has 148 valence electrons. The summed E-state index contributed by atoms with van der Waals surface area (Å²) in [4.78, 5) is 14.7. The van der Waals surface area contributed by atoms with Gasteiger partial charge in [-0.2, -0.15) is 0 Å². The number of hydrogen-bond acceptors (Lipinski definition) is 3. The molecule has 0 aliphatic carbocycles. The molecular weight excluding hydrogens is 336 g/mol. The van der Waals surface area contributed by atoms with Crippen molar-refractivity contribution >= 4 is 5.91 Å². The third-order valence-electron chi connectivity index (χ3n) is 5.03. The maximum absolute atomic E-state index is 12.4. The quantitative estimate of drug-likeness (QED) is 0.732. The number of carbonyl (C=O) groups excluding carboxylic acids is 1. The van der Waals surface area contributed by atoms with E-state index in [1.54, 1.807) is 6.07 Å². The molecule has 0 aliphatic heterocycles. The second-order valence-electron chi connectivity index (χ2n) is 8.78. The Morgan fingerprint density at radius 1 is 1.04 bits per heavy atom. The molecule has 1 amide bonds. The van der Waals surface area contributed by atoms with E-state index in [2.05, 4.69) is 76.0 Å². The van der Waals surface area contributed by atoms with E-state index in [0.717, 1.165) is 12.3 Å². The van der Waals surface area contributed by atoms with Gasteiger partial charge < -0.3 is 9.73 Å². The third-order valence-corrected chi connectivity index (χ3v) is 5.03. The molecule has 4 nitrogen and oxygen atoms in total. The summed E-state index contributed by atoms with van der Waals surface area (Å²) < 4.78 is 5.85. The fourth-order valence-electron chi connectivity index (χ4n) is 2.66. The van der Waals surface area contributed by atoms with Gasteiger partial charge in [-0.05, 0) is 58.2 Å². The van der Waals surface area contributed by atoms with Crippen LogP contribution in [0, 0.1) is 12.8 Å². The van der Waals surface area contributed by atoms with Crippen molar-refractivity contribution < 1.29 is 9.21 Å². The topological polar surface area (TPSA) is 45.5 Å². The molecule has 1 N–H and O–H groups in total. The maximum atomic E-state index is 12.4. The molecule has 27 heavy (non-hydrogen) atoms. The van der Waals surface area contributed by atoms with Gasteiger partial charge in [0.05, 0.1) is 6.54 Å². The van der Waals surface area contributed by atoms with Crippen molar-refractivity contribution in [3.8, 4) is 0 Å². The van der Waals surface area contributed by atoms with Crippen molar-refractivity contribution in [3.63, 3.8) is 0 Å². The smallest absolute Gasteiger partial charge is 0.287 e. The van der Waals surface area contributed by atoms with Crippen molar-refractivity contribution in [2.75, 3.05) is 0 Å². The Kier molecular flexibility index (Phi) is 6.88. The Balaban J connectivity index is 2.08. The third kappa shape index (κ3) is 6.24. The van der Waals surface area contributed by atoms with Crippen LogP contribution in [0.4, 0.5) is 0 Å². The monoisotopic (exact) mass is 370 g/mol. The molecule has 0 saturated carbocycles. The molecule has 1 aromatic carbocycles. The fourth-order valence-corrected chi connectivity index (χ4v) is 2.66. The van der Waals surface area contributed by atoms with Crippen LogP contribution >= 0.6 is 0 Å². The predicted octanol–water partition coefficient (Wildman–Crippen LogP) is 5.16. The molecule has 1 heterocycles. The summed E-state index contributed by atoms with van der Waals surface area (Å²) in [5.41, 5.74) is 2.51. The van der Waals surface area contributed by atoms with E-state index in [1.807, 2.05) is 13.0 Å². The van der Waals surface area contributed by atoms with Crippen molar-refractivity contribution in [1.29, 1.82) is 0 Å². The molecular formula is C23H34N2O2. The van der Waals surface area contributed by atoms with E-state index >= 15 is 0 Å². The van der Waals surface area contributed by atoms with Crippen molar-refractivity contribution in [1.82, 2.24) is 10.2 Å². The van der Waals surface area contributed by atoms with Gasteiger partial charge in [-0.15, -0.1) is 0 Å². The molecule has 0 radical (unpaired) electrons. The second-order valence-corrected chi connectivity index (χ2v) is 8.78. The molecule has 0 fully saturated rings. The summed E-state index contributed by atoms with van der Waals surface area (Å²) in [5, 5.41) is 2.99. The fraction of sp³-hybridized carbons (Fsp3) is 0.522. The van der Waals surface area contributed by atoms with Crippen LogP contribution in [-0.2, 0) is 13.1 Å². The minimum atomic E-state index is -0.150. The highest BCUT2D eigenvalue weighted by Crippen LogP contribution is 2.22. The van der Waals surface area contributed by atoms with Crippen LogP contribution in [0.5, 0.6) is 0 Å². The summed E-state index contributed by atoms with van der Waals surface area (Å²) in [7, 11) is 0. The average molecular weight is 371 g/mol. The van der Waals surface area contributed by atoms with Gasteiger partial charge in [-0.1, -0.05) is 43.7 Å². The highest BCUT2D eigenvalue weighted by Gasteiger charge is 2.24. The largest absolute Gasteiger partial charge is 0.455 e. The zero-order valence-electron chi connectivity index (χ0n) is 17.8. The normalized spacial score (nSPS) is 13.2. The summed E-state index contributed by atoms with van der Waals surface area (Å²) in [6.07, 6.45) is 0. The van der Waals surface area contributed by atoms with Gasteiger partial charge in [0.25, 0.3) is 5.91 Å². The first-order chi connectivity index (χ1) is 12.6. The molecule has 4 heteroatoms. The predicted molar refractivity (Wildman–Crippen MR) is 111 cm³/mol. The average Bonchev–Trinajstić information content (AvgIpc) is 3.04. The van der Waals surface area contributed by atoms with Crippen LogP contribution in [0.3, 0.4) is 0 Å². The van der Waals surface area contributed by atoms with Gasteiger partial charge in [0, 0.05) is 18.1 Å². The summed E-state index contributed by atoms with van der Waals surface area (Å²) in [5.74, 6) is 1.42. The van der Waals surface area contributed by atoms with Gasteiger partial charge in [0.1, 0.15) is 5.76 Å². The molecule has 0 spiro atoms. The highest BCUT2D eigenvalue weighted by atomic mass is 16.4. The molecule has 2 aromatic rings. The number of nitrogens with one attached hydrogen (secondary N) is 1. The number of benzene rings is 1. The van der Waals surface area contributed by atoms with E-state index in [4.69, 9.17) is 4.42 Å². The number of carbonyl (C=O) groups is 1. The number of amides is 1. The van der Waals surface area contributed by atoms with Crippen molar-refractivity contribution in [2.24, 2.45) is 5.92 Å². The van der Waals surface area contributed by atoms with Crippen LogP contribution < -0.4 is 5.32 Å². The molecule has 1 unspecified atom stereocenters. The highest BCUT2D eigenvalue weighted by molar-refractivity contribution is 5.91. The Hall–Kier alpha value is -2.07. The van der Waals surface area contributed by atoms with E-state index in [0.29, 0.717) is 18.2 Å². The molecule has 0 aliphatic rings. The molecule has 0 saturated heterocycles. The zero-order valence-corrected chi connectivity index (χ0v) is 17.8. The molecule has 2 rings (SSSR count). The summed E-state index contributed by atoms with van der Waals surface area (Å²) in [6.45, 7) is 16.4. The lowest BCUT2D eigenvalue weighted by Crippen LogP contribution is -2.40. The minimum Gasteiger partial charge on any atom is -0.455 e. The number of rotatable bonds is 7. The SMILES string of the molecule is Cc1ccc(CN(Cc2ccc(C(=O)NC(C)C(C)C)o2)C(C)(C)C)cc1. The van der Waals surface area contributed by atoms with Gasteiger partial charge >= 0.3 is 0 Å². The molecule has 1 atom stereocenters. The van der Waals surface area contributed by atoms with Gasteiger partial charge in [-0.3, -0.25) is 9.69 Å².